The minimum Gasteiger partial charge on any atom is -0.507 e. The summed E-state index contributed by atoms with van der Waals surface area (Å²) in [6.45, 7) is -0.623. The first-order valence-electron chi connectivity index (χ1n) is 6.28. The fraction of sp³-hybridized carbons (Fsp3) is 0.462. The van der Waals surface area contributed by atoms with E-state index in [1.165, 1.54) is 25.3 Å². The van der Waals surface area contributed by atoms with Crippen LogP contribution in [0.2, 0.25) is 0 Å². The van der Waals surface area contributed by atoms with Crippen molar-refractivity contribution in [3.8, 4) is 11.5 Å². The van der Waals surface area contributed by atoms with Gasteiger partial charge in [0, 0.05) is 18.2 Å². The standard InChI is InChI=1S/C13H14F3NO5/c1-21-7-2-3-8(10(19)6-7)11-9(4-5-18)12(20,22-17-11)13(14,15)16/h2-3,6,9,18-20H,4-5H2,1H3. The van der Waals surface area contributed by atoms with Gasteiger partial charge >= 0.3 is 12.0 Å². The Bertz CT molecular complexity index is 590. The minimum atomic E-state index is -5.11. The average Bonchev–Trinajstić information content (AvgIpc) is 2.78. The number of methoxy groups -OCH3 is 1. The fourth-order valence-corrected chi connectivity index (χ4v) is 2.23. The zero-order valence-electron chi connectivity index (χ0n) is 11.5. The Hall–Kier alpha value is -2.00. The maximum absolute atomic E-state index is 13.0. The molecule has 2 atom stereocenters. The average molecular weight is 321 g/mol. The van der Waals surface area contributed by atoms with Crippen molar-refractivity contribution < 1.29 is 38.1 Å². The van der Waals surface area contributed by atoms with Gasteiger partial charge in [-0.1, -0.05) is 5.16 Å². The molecule has 0 radical (unpaired) electrons. The summed E-state index contributed by atoms with van der Waals surface area (Å²) in [6, 6.07) is 3.90. The van der Waals surface area contributed by atoms with Crippen LogP contribution < -0.4 is 4.74 Å². The monoisotopic (exact) mass is 321 g/mol. The Kier molecular flexibility index (Phi) is 4.21. The molecule has 0 spiro atoms. The first-order valence-corrected chi connectivity index (χ1v) is 6.28. The van der Waals surface area contributed by atoms with E-state index in [1.54, 1.807) is 0 Å². The highest BCUT2D eigenvalue weighted by Gasteiger charge is 2.66. The number of benzene rings is 1. The molecule has 0 aliphatic carbocycles. The SMILES string of the molecule is COc1ccc(C2=NOC(O)(C(F)(F)F)C2CCO)c(O)c1. The van der Waals surface area contributed by atoms with Crippen LogP contribution in [0.4, 0.5) is 13.2 Å². The van der Waals surface area contributed by atoms with Crippen LogP contribution >= 0.6 is 0 Å². The van der Waals surface area contributed by atoms with Crippen molar-refractivity contribution in [1.29, 1.82) is 0 Å². The normalized spacial score (nSPS) is 24.8. The third kappa shape index (κ3) is 2.57. The molecule has 9 heteroatoms. The second-order valence-electron chi connectivity index (χ2n) is 4.71. The number of hydrogen-bond donors (Lipinski definition) is 3. The summed E-state index contributed by atoms with van der Waals surface area (Å²) in [5.41, 5.74) is -0.339. The predicted molar refractivity (Wildman–Crippen MR) is 68.5 cm³/mol. The zero-order chi connectivity index (χ0) is 16.5. The van der Waals surface area contributed by atoms with Crippen LogP contribution in [0.15, 0.2) is 23.4 Å². The molecule has 2 rings (SSSR count). The highest BCUT2D eigenvalue weighted by Crippen LogP contribution is 2.45. The number of phenolic OH excluding ortho intramolecular Hbond substituents is 1. The van der Waals surface area contributed by atoms with Crippen molar-refractivity contribution in [2.45, 2.75) is 18.4 Å². The third-order valence-corrected chi connectivity index (χ3v) is 3.39. The molecule has 0 amide bonds. The quantitative estimate of drug-likeness (QED) is 0.779. The first-order chi connectivity index (χ1) is 10.2. The fourth-order valence-electron chi connectivity index (χ4n) is 2.23. The number of nitrogens with zero attached hydrogens (tertiary/aromatic N) is 1. The maximum Gasteiger partial charge on any atom is 0.458 e. The first kappa shape index (κ1) is 16.4. The Labute approximate surface area is 123 Å². The van der Waals surface area contributed by atoms with E-state index in [0.29, 0.717) is 5.75 Å². The lowest BCUT2D eigenvalue weighted by molar-refractivity contribution is -0.370. The lowest BCUT2D eigenvalue weighted by atomic mass is 9.86. The van der Waals surface area contributed by atoms with Crippen molar-refractivity contribution >= 4 is 5.71 Å². The molecule has 1 aromatic rings. The van der Waals surface area contributed by atoms with Crippen molar-refractivity contribution in [1.82, 2.24) is 0 Å². The van der Waals surface area contributed by atoms with Gasteiger partial charge in [0.1, 0.15) is 17.2 Å². The highest BCUT2D eigenvalue weighted by molar-refractivity contribution is 6.05. The van der Waals surface area contributed by atoms with Crippen LogP contribution in [0.1, 0.15) is 12.0 Å². The van der Waals surface area contributed by atoms with Crippen molar-refractivity contribution in [3.05, 3.63) is 23.8 Å². The van der Waals surface area contributed by atoms with Gasteiger partial charge in [0.05, 0.1) is 13.0 Å². The number of phenols is 1. The summed E-state index contributed by atoms with van der Waals surface area (Å²) in [7, 11) is 1.36. The number of aliphatic hydroxyl groups is 2. The molecule has 1 aromatic carbocycles. The lowest BCUT2D eigenvalue weighted by Gasteiger charge is -2.29. The molecular formula is C13H14F3NO5. The summed E-state index contributed by atoms with van der Waals surface area (Å²) in [5.74, 6) is -5.30. The van der Waals surface area contributed by atoms with Crippen molar-refractivity contribution in [3.63, 3.8) is 0 Å². The molecule has 3 N–H and O–H groups in total. The molecule has 6 nitrogen and oxygen atoms in total. The molecule has 2 unspecified atom stereocenters. The third-order valence-electron chi connectivity index (χ3n) is 3.39. The smallest absolute Gasteiger partial charge is 0.458 e. The number of ether oxygens (including phenoxy) is 1. The van der Waals surface area contributed by atoms with Gasteiger partial charge in [0.25, 0.3) is 0 Å². The summed E-state index contributed by atoms with van der Waals surface area (Å²) in [5, 5.41) is 31.9. The van der Waals surface area contributed by atoms with Gasteiger partial charge in [-0.3, -0.25) is 0 Å². The van der Waals surface area contributed by atoms with Gasteiger partial charge in [-0.25, -0.2) is 0 Å². The van der Waals surface area contributed by atoms with Gasteiger partial charge in [0.2, 0.25) is 0 Å². The molecule has 0 fully saturated rings. The molecule has 1 aliphatic heterocycles. The topological polar surface area (TPSA) is 91.5 Å². The molecule has 1 heterocycles. The van der Waals surface area contributed by atoms with Gasteiger partial charge in [0.15, 0.2) is 0 Å². The Morgan fingerprint density at radius 3 is 2.59 bits per heavy atom. The molecule has 1 aliphatic rings. The second kappa shape index (κ2) is 5.65. The van der Waals surface area contributed by atoms with Crippen LogP contribution in [0, 0.1) is 5.92 Å². The number of halogens is 3. The highest BCUT2D eigenvalue weighted by atomic mass is 19.4. The molecule has 0 saturated heterocycles. The van der Waals surface area contributed by atoms with Crippen LogP contribution in [0.25, 0.3) is 0 Å². The van der Waals surface area contributed by atoms with E-state index in [0.717, 1.165) is 0 Å². The molecule has 122 valence electrons. The zero-order valence-corrected chi connectivity index (χ0v) is 11.5. The maximum atomic E-state index is 13.0. The summed E-state index contributed by atoms with van der Waals surface area (Å²) >= 11 is 0. The number of hydrogen-bond acceptors (Lipinski definition) is 6. The van der Waals surface area contributed by atoms with Gasteiger partial charge < -0.3 is 24.9 Å². The van der Waals surface area contributed by atoms with E-state index >= 15 is 0 Å². The predicted octanol–water partition coefficient (Wildman–Crippen LogP) is 1.38. The van der Waals surface area contributed by atoms with Crippen LogP contribution in [-0.2, 0) is 4.84 Å². The molecule has 0 aromatic heterocycles. The Morgan fingerprint density at radius 1 is 1.41 bits per heavy atom. The van der Waals surface area contributed by atoms with E-state index in [4.69, 9.17) is 9.84 Å². The summed E-state index contributed by atoms with van der Waals surface area (Å²) in [6.07, 6.45) is -5.56. The van der Waals surface area contributed by atoms with Gasteiger partial charge in [-0.2, -0.15) is 13.2 Å². The van der Waals surface area contributed by atoms with Crippen LogP contribution in [0.3, 0.4) is 0 Å². The van der Waals surface area contributed by atoms with E-state index < -0.39 is 30.9 Å². The number of aromatic hydroxyl groups is 1. The van der Waals surface area contributed by atoms with Crippen LogP contribution in [-0.4, -0.2) is 46.7 Å². The van der Waals surface area contributed by atoms with E-state index in [2.05, 4.69) is 9.99 Å². The Morgan fingerprint density at radius 2 is 2.09 bits per heavy atom. The summed E-state index contributed by atoms with van der Waals surface area (Å²) < 4.78 is 43.9. The van der Waals surface area contributed by atoms with Crippen molar-refractivity contribution in [2.75, 3.05) is 13.7 Å². The van der Waals surface area contributed by atoms with Crippen molar-refractivity contribution in [2.24, 2.45) is 11.1 Å². The molecule has 0 saturated carbocycles. The second-order valence-corrected chi connectivity index (χ2v) is 4.71. The van der Waals surface area contributed by atoms with E-state index in [9.17, 15) is 23.4 Å². The van der Waals surface area contributed by atoms with Crippen LogP contribution in [0.5, 0.6) is 11.5 Å². The van der Waals surface area contributed by atoms with Gasteiger partial charge in [-0.15, -0.1) is 0 Å². The molecular weight excluding hydrogens is 307 g/mol. The number of alkyl halides is 3. The van der Waals surface area contributed by atoms with E-state index in [-0.39, 0.29) is 17.0 Å². The summed E-state index contributed by atoms with van der Waals surface area (Å²) in [4.78, 5) is 4.21. The number of oxime groups is 1. The number of rotatable bonds is 4. The molecule has 0 bridgehead atoms. The minimum absolute atomic E-state index is 0.0422. The molecule has 22 heavy (non-hydrogen) atoms. The number of aliphatic hydroxyl groups excluding tert-OH is 1. The lowest BCUT2D eigenvalue weighted by Crippen LogP contribution is -2.52. The Balaban J connectivity index is 2.43. The van der Waals surface area contributed by atoms with E-state index in [1.807, 2.05) is 0 Å². The van der Waals surface area contributed by atoms with Gasteiger partial charge in [-0.05, 0) is 18.6 Å². The largest absolute Gasteiger partial charge is 0.507 e.